The Kier molecular flexibility index (Phi) is 41.1. The van der Waals surface area contributed by atoms with Crippen LogP contribution in [0.1, 0.15) is 97.8 Å². The molecule has 46 heteroatoms. The zero-order valence-corrected chi connectivity index (χ0v) is 76.0. The van der Waals surface area contributed by atoms with Gasteiger partial charge in [-0.1, -0.05) is 119 Å². The molecule has 0 aliphatic rings. The highest BCUT2D eigenvalue weighted by molar-refractivity contribution is 7.90. The van der Waals surface area contributed by atoms with Gasteiger partial charge in [0.2, 0.25) is 0 Å². The maximum absolute atomic E-state index is 12.3. The number of ether oxygens (including phenoxy) is 1. The van der Waals surface area contributed by atoms with Gasteiger partial charge in [0.15, 0.2) is 34.6 Å². The number of rotatable bonds is 28. The number of nitrogens with zero attached hydrogens (tertiary/aromatic N) is 15. The van der Waals surface area contributed by atoms with E-state index in [1.54, 1.807) is 88.4 Å². The van der Waals surface area contributed by atoms with Gasteiger partial charge >= 0.3 is 11.9 Å². The highest BCUT2D eigenvalue weighted by atomic mass is 32.2. The Labute approximate surface area is 772 Å². The van der Waals surface area contributed by atoms with Crippen molar-refractivity contribution in [3.63, 3.8) is 0 Å². The first kappa shape index (κ1) is 106. The Morgan fingerprint density at radius 3 is 1.19 bits per heavy atom. The second-order valence-corrected chi connectivity index (χ2v) is 35.9. The molecule has 12 rings (SSSR count). The van der Waals surface area contributed by atoms with Gasteiger partial charge in [0, 0.05) is 143 Å². The van der Waals surface area contributed by atoms with E-state index in [1.807, 2.05) is 97.1 Å². The summed E-state index contributed by atoms with van der Waals surface area (Å²) in [6.07, 6.45) is 6.41. The van der Waals surface area contributed by atoms with E-state index in [0.29, 0.717) is 73.9 Å². The number of carboxylic acids is 1. The molecule has 1 amide bonds. The fourth-order valence-corrected chi connectivity index (χ4v) is 14.5. The minimum absolute atomic E-state index is 0.0214. The van der Waals surface area contributed by atoms with Gasteiger partial charge in [-0.05, 0) is 166 Å². The van der Waals surface area contributed by atoms with Gasteiger partial charge in [-0.3, -0.25) is 60.7 Å². The van der Waals surface area contributed by atoms with Crippen LogP contribution in [-0.2, 0) is 84.3 Å². The van der Waals surface area contributed by atoms with Gasteiger partial charge in [-0.2, -0.15) is 0 Å². The predicted octanol–water partition coefficient (Wildman–Crippen LogP) is 16.5. The number of carbonyl (C=O) groups excluding carboxylic acids is 2. The molecule has 42 nitrogen and oxygen atoms in total. The monoisotopic (exact) mass is 1900 g/mol. The molecule has 696 valence electrons. The molecular weight excluding hydrogens is 1820 g/mol. The fourth-order valence-electron chi connectivity index (χ4n) is 12.1. The van der Waals surface area contributed by atoms with E-state index in [-0.39, 0.29) is 94.1 Å². The number of nitro benzene ring substituents is 5. The van der Waals surface area contributed by atoms with E-state index >= 15 is 0 Å². The predicted molar refractivity (Wildman–Crippen MR) is 506 cm³/mol. The summed E-state index contributed by atoms with van der Waals surface area (Å²) in [6.45, 7) is 7.32. The summed E-state index contributed by atoms with van der Waals surface area (Å²) in [5.74, 6) is -1.31. The van der Waals surface area contributed by atoms with Crippen LogP contribution in [0.3, 0.4) is 0 Å². The first-order valence-electron chi connectivity index (χ1n) is 39.0. The number of aryl methyl sites for hydroxylation is 4. The van der Waals surface area contributed by atoms with Crippen molar-refractivity contribution >= 4 is 116 Å². The van der Waals surface area contributed by atoms with E-state index in [4.69, 9.17) is 39.2 Å². The number of amides is 1. The number of carboxylic acid groups (broad SMARTS) is 1. The van der Waals surface area contributed by atoms with Crippen molar-refractivity contribution in [3.05, 3.63) is 398 Å². The zero-order chi connectivity index (χ0) is 99.0. The number of aliphatic hydroxyl groups is 1. The Morgan fingerprint density at radius 1 is 0.448 bits per heavy atom. The molecule has 12 aromatic rings. The number of nitro groups is 5. The number of anilines is 4. The number of hydrogen-bond donors (Lipinski definition) is 7. The van der Waals surface area contributed by atoms with Crippen molar-refractivity contribution in [3.8, 4) is 22.5 Å². The average Bonchev–Trinajstić information content (AvgIpc) is 0.905. The number of aromatic nitrogens is 4. The lowest BCUT2D eigenvalue weighted by atomic mass is 10.1. The summed E-state index contributed by atoms with van der Waals surface area (Å²) in [7, 11) is -8.44. The molecule has 0 aliphatic carbocycles. The Hall–Kier alpha value is -16.4. The average molecular weight is 1910 g/mol. The standard InChI is InChI=1S/C27H25N5O3S2.C19H20N4O2S.C9H10N4O4S.C9H9NO4.C8H8N4O2.C8H7NO4.C8H9NO3/c1-37(34,35)17-20-12-19(16-28-27(36)32-26(33)22-10-6-3-7-11-22)13-23(14-20)31-25-15-24(29-18-30-25)21-8-4-2-5-9-21;1-26(24,25)12-15-7-14(11-20)8-17(9-15)23-19-10-18(21-13-22-19)16-5-3-2-4-6-16;1-18(16,17)6-8-2-7(5-11-12-10)3-9(4-8)13(14)15;1-6-3-7(9(11)14-2)5-8(4-6)10(12)13;1-6-2-7(5-10-11-9)4-8(3-6)12(13)14;1-5-2-6(8(10)11)4-7(3-5)9(12)13;1-6-2-7(5-10)4-8(3-6)9(11)12/h2-15,18H,16-17H2,1H3,(H,29,30,31)(H2,28,32,33,36);2-10,13H,11-12,20H2,1H3,(H,21,22,23);2-4H,5-6H2,1H3;3-5H,1-2H3;2-4H,5H2,1H3;2-4H,1H3,(H,10,11);2-4,10H,5H2,1H3. The highest BCUT2D eigenvalue weighted by Crippen LogP contribution is 2.29. The molecule has 0 fully saturated rings. The molecule has 0 aliphatic heterocycles. The Morgan fingerprint density at radius 2 is 0.791 bits per heavy atom. The molecule has 10 aromatic carbocycles. The van der Waals surface area contributed by atoms with Crippen molar-refractivity contribution in [2.75, 3.05) is 36.5 Å². The Bertz CT molecular complexity index is 6710. The molecule has 2 heterocycles. The lowest BCUT2D eigenvalue weighted by Crippen LogP contribution is -2.38. The normalized spacial score (nSPS) is 10.4. The van der Waals surface area contributed by atoms with Gasteiger partial charge in [0.25, 0.3) is 34.3 Å². The molecule has 8 N–H and O–H groups in total. The number of benzene rings is 10. The van der Waals surface area contributed by atoms with Gasteiger partial charge in [0.1, 0.15) is 24.3 Å². The fraction of sp³-hybridized carbons (Fsp3) is 0.182. The third kappa shape index (κ3) is 38.9. The second-order valence-electron chi connectivity index (χ2n) is 29.0. The minimum atomic E-state index is -3.28. The maximum Gasteiger partial charge on any atom is 0.338 e. The van der Waals surface area contributed by atoms with Gasteiger partial charge in [-0.25, -0.2) is 54.8 Å². The van der Waals surface area contributed by atoms with Crippen molar-refractivity contribution in [1.29, 1.82) is 0 Å². The van der Waals surface area contributed by atoms with E-state index in [2.05, 4.69) is 66.0 Å². The highest BCUT2D eigenvalue weighted by Gasteiger charge is 2.19. The molecule has 0 saturated carbocycles. The number of esters is 1. The number of carbonyl (C=O) groups is 3. The van der Waals surface area contributed by atoms with Crippen LogP contribution < -0.4 is 27.0 Å². The molecule has 0 radical (unpaired) electrons. The molecule has 0 atom stereocenters. The number of sulfone groups is 3. The third-order valence-corrected chi connectivity index (χ3v) is 20.1. The topological polar surface area (TPSA) is 642 Å². The molecule has 134 heavy (non-hydrogen) atoms. The molecule has 0 bridgehead atoms. The summed E-state index contributed by atoms with van der Waals surface area (Å²) in [6, 6.07) is 63.9. The number of azide groups is 2. The zero-order valence-electron chi connectivity index (χ0n) is 72.7. The van der Waals surface area contributed by atoms with Crippen molar-refractivity contribution in [2.45, 2.75) is 77.7 Å². The van der Waals surface area contributed by atoms with Crippen LogP contribution in [0.2, 0.25) is 0 Å². The summed E-state index contributed by atoms with van der Waals surface area (Å²) in [4.78, 5) is 106. The number of nitrogens with one attached hydrogen (secondary N) is 4. The van der Waals surface area contributed by atoms with E-state index in [0.717, 1.165) is 62.8 Å². The quantitative estimate of drug-likeness (QED) is 0.00455. The number of hydrogen-bond acceptors (Lipinski definition) is 31. The van der Waals surface area contributed by atoms with Crippen LogP contribution in [0.25, 0.3) is 43.4 Å². The number of nitrogens with two attached hydrogens (primary N) is 1. The van der Waals surface area contributed by atoms with Gasteiger partial charge in [0.05, 0.1) is 91.2 Å². The second kappa shape index (κ2) is 51.7. The number of non-ortho nitro benzene ring substituents is 5. The van der Waals surface area contributed by atoms with E-state index in [1.165, 1.54) is 99.0 Å². The van der Waals surface area contributed by atoms with Crippen LogP contribution in [0.15, 0.2) is 253 Å². The van der Waals surface area contributed by atoms with Crippen molar-refractivity contribution < 1.29 is 79.2 Å². The van der Waals surface area contributed by atoms with E-state index in [9.17, 15) is 90.2 Å². The number of aliphatic hydroxyl groups excluding tert-OH is 1. The lowest BCUT2D eigenvalue weighted by Gasteiger charge is -2.14. The SMILES string of the molecule is COC(=O)c1cc(C)cc([N+](=O)[O-])c1.CS(=O)(=O)Cc1cc(CN)cc(Nc2cc(-c3ccccc3)ncn2)c1.CS(=O)(=O)Cc1cc(CN=[N+]=[N-])cc([N+](=O)[O-])c1.CS(=O)(=O)Cc1cc(CNC(=S)NC(=O)c2ccccc2)cc(Nc2cc(-c3ccccc3)ncn2)c1.Cc1cc(C(=O)O)cc([N+](=O)[O-])c1.Cc1cc(CN=[N+]=[N-])cc([N+](=O)[O-])c1.Cc1cc(CO)cc([N+](=O)[O-])c1. The van der Waals surface area contributed by atoms with Crippen LogP contribution in [-0.4, -0.2) is 129 Å². The van der Waals surface area contributed by atoms with Crippen molar-refractivity contribution in [2.24, 2.45) is 16.0 Å². The van der Waals surface area contributed by atoms with E-state index < -0.39 is 66.1 Å². The molecule has 0 unspecified atom stereocenters. The summed E-state index contributed by atoms with van der Waals surface area (Å²) in [5.41, 5.74) is 34.7. The molecule has 2 aromatic heterocycles. The smallest absolute Gasteiger partial charge is 0.338 e. The van der Waals surface area contributed by atoms with Gasteiger partial charge in [-0.15, -0.1) is 0 Å². The third-order valence-electron chi connectivity index (χ3n) is 17.3. The maximum atomic E-state index is 12.3. The number of methoxy groups -OCH3 is 1. The number of aromatic carboxylic acids is 1. The summed E-state index contributed by atoms with van der Waals surface area (Å²) < 4.78 is 73.9. The molecule has 0 saturated heterocycles. The van der Waals surface area contributed by atoms with Crippen LogP contribution in [0, 0.1) is 78.3 Å². The van der Waals surface area contributed by atoms with Crippen molar-refractivity contribution in [1.82, 2.24) is 30.6 Å². The van der Waals surface area contributed by atoms with Crippen LogP contribution in [0.5, 0.6) is 0 Å². The summed E-state index contributed by atoms with van der Waals surface area (Å²) >= 11 is 5.28. The van der Waals surface area contributed by atoms with Crippen LogP contribution in [0.4, 0.5) is 51.4 Å². The summed E-state index contributed by atoms with van der Waals surface area (Å²) in [5, 5.41) is 88.6. The lowest BCUT2D eigenvalue weighted by molar-refractivity contribution is -0.385. The molecule has 0 spiro atoms. The first-order valence-corrected chi connectivity index (χ1v) is 45.6. The number of thiocarbonyl (C=S) groups is 1. The Balaban J connectivity index is 0.000000251. The first-order chi connectivity index (χ1) is 63.3. The van der Waals surface area contributed by atoms with Crippen LogP contribution >= 0.6 is 12.2 Å². The minimum Gasteiger partial charge on any atom is -0.478 e. The largest absolute Gasteiger partial charge is 0.478 e. The molecular formula is C88H88N20O22S4. The van der Waals surface area contributed by atoms with Gasteiger partial charge < -0.3 is 36.6 Å².